The second-order valence-electron chi connectivity index (χ2n) is 4.61. The zero-order valence-electron chi connectivity index (χ0n) is 10.2. The Balaban J connectivity index is 2.17. The lowest BCUT2D eigenvalue weighted by Crippen LogP contribution is -2.44. The van der Waals surface area contributed by atoms with Crippen molar-refractivity contribution in [2.24, 2.45) is 0 Å². The number of nitrogens with one attached hydrogen (secondary N) is 1. The molecule has 92 valence electrons. The van der Waals surface area contributed by atoms with Gasteiger partial charge >= 0.3 is 5.97 Å². The summed E-state index contributed by atoms with van der Waals surface area (Å²) in [6.07, 6.45) is 5.90. The normalized spacial score (nSPS) is 17.3. The molecule has 1 aliphatic carbocycles. The molecule has 0 bridgehead atoms. The fourth-order valence-electron chi connectivity index (χ4n) is 2.14. The highest BCUT2D eigenvalue weighted by Crippen LogP contribution is 2.37. The minimum absolute atomic E-state index is 0.122. The maximum atomic E-state index is 10.8. The summed E-state index contributed by atoms with van der Waals surface area (Å²) in [6, 6.07) is 0. The van der Waals surface area contributed by atoms with Crippen LogP contribution in [0.4, 0.5) is 5.95 Å². The van der Waals surface area contributed by atoms with Gasteiger partial charge < -0.3 is 10.4 Å². The molecule has 5 heteroatoms. The van der Waals surface area contributed by atoms with Crippen molar-refractivity contribution < 1.29 is 9.90 Å². The highest BCUT2D eigenvalue weighted by atomic mass is 16.4. The third-order valence-electron chi connectivity index (χ3n) is 3.57. The lowest BCUT2D eigenvalue weighted by molar-refractivity contribution is 0.0695. The summed E-state index contributed by atoms with van der Waals surface area (Å²) in [4.78, 5) is 19.1. The van der Waals surface area contributed by atoms with E-state index >= 15 is 0 Å². The van der Waals surface area contributed by atoms with Crippen molar-refractivity contribution in [1.29, 1.82) is 0 Å². The molecule has 0 unspecified atom stereocenters. The first-order valence-corrected chi connectivity index (χ1v) is 5.91. The van der Waals surface area contributed by atoms with Gasteiger partial charge in [-0.1, -0.05) is 6.92 Å². The van der Waals surface area contributed by atoms with Crippen molar-refractivity contribution >= 4 is 11.9 Å². The SMILES string of the molecule is CCC1(Nc2ncc(C(=O)O)c(C)n2)CCC1. The van der Waals surface area contributed by atoms with Crippen molar-refractivity contribution in [1.82, 2.24) is 9.97 Å². The van der Waals surface area contributed by atoms with Crippen LogP contribution in [-0.2, 0) is 0 Å². The Kier molecular flexibility index (Phi) is 3.00. The molecule has 0 spiro atoms. The van der Waals surface area contributed by atoms with Gasteiger partial charge in [0.25, 0.3) is 0 Å². The van der Waals surface area contributed by atoms with Gasteiger partial charge in [-0.15, -0.1) is 0 Å². The third kappa shape index (κ3) is 2.23. The minimum atomic E-state index is -0.983. The fraction of sp³-hybridized carbons (Fsp3) is 0.583. The Morgan fingerprint density at radius 2 is 2.29 bits per heavy atom. The molecule has 1 aliphatic rings. The van der Waals surface area contributed by atoms with Crippen LogP contribution in [0.15, 0.2) is 6.20 Å². The molecular formula is C12H17N3O2. The fourth-order valence-corrected chi connectivity index (χ4v) is 2.14. The predicted octanol–water partition coefficient (Wildman–Crippen LogP) is 2.23. The summed E-state index contributed by atoms with van der Waals surface area (Å²) in [5.41, 5.74) is 0.785. The largest absolute Gasteiger partial charge is 0.478 e. The van der Waals surface area contributed by atoms with Crippen LogP contribution in [0.5, 0.6) is 0 Å². The smallest absolute Gasteiger partial charge is 0.339 e. The molecule has 0 atom stereocenters. The first-order chi connectivity index (χ1) is 8.06. The number of carbonyl (C=O) groups is 1. The number of carboxylic acid groups (broad SMARTS) is 1. The van der Waals surface area contributed by atoms with E-state index in [4.69, 9.17) is 5.11 Å². The van der Waals surface area contributed by atoms with Crippen LogP contribution in [0.1, 0.15) is 48.7 Å². The number of aromatic nitrogens is 2. The predicted molar refractivity (Wildman–Crippen MR) is 64.2 cm³/mol. The van der Waals surface area contributed by atoms with Gasteiger partial charge in [-0.25, -0.2) is 14.8 Å². The lowest BCUT2D eigenvalue weighted by Gasteiger charge is -2.42. The van der Waals surface area contributed by atoms with Crippen molar-refractivity contribution in [3.63, 3.8) is 0 Å². The number of aryl methyl sites for hydroxylation is 1. The molecule has 0 aliphatic heterocycles. The van der Waals surface area contributed by atoms with Gasteiger partial charge in [0.05, 0.1) is 11.3 Å². The number of carboxylic acids is 1. The minimum Gasteiger partial charge on any atom is -0.478 e. The number of rotatable bonds is 4. The topological polar surface area (TPSA) is 75.1 Å². The summed E-state index contributed by atoms with van der Waals surface area (Å²) >= 11 is 0. The van der Waals surface area contributed by atoms with Crippen LogP contribution in [0.2, 0.25) is 0 Å². The summed E-state index contributed by atoms with van der Waals surface area (Å²) in [5.74, 6) is -0.447. The van der Waals surface area contributed by atoms with E-state index in [0.717, 1.165) is 19.3 Å². The monoisotopic (exact) mass is 235 g/mol. The van der Waals surface area contributed by atoms with Crippen LogP contribution >= 0.6 is 0 Å². The molecular weight excluding hydrogens is 218 g/mol. The van der Waals surface area contributed by atoms with Crippen molar-refractivity contribution in [2.75, 3.05) is 5.32 Å². The molecule has 5 nitrogen and oxygen atoms in total. The highest BCUT2D eigenvalue weighted by Gasteiger charge is 2.35. The Morgan fingerprint density at radius 1 is 1.59 bits per heavy atom. The second kappa shape index (κ2) is 4.31. The summed E-state index contributed by atoms with van der Waals surface area (Å²) in [7, 11) is 0. The first kappa shape index (κ1) is 11.8. The average molecular weight is 235 g/mol. The molecule has 1 saturated carbocycles. The highest BCUT2D eigenvalue weighted by molar-refractivity contribution is 5.88. The first-order valence-electron chi connectivity index (χ1n) is 5.91. The van der Waals surface area contributed by atoms with Crippen LogP contribution in [-0.4, -0.2) is 26.6 Å². The molecule has 0 radical (unpaired) electrons. The van der Waals surface area contributed by atoms with E-state index in [-0.39, 0.29) is 11.1 Å². The van der Waals surface area contributed by atoms with Crippen molar-refractivity contribution in [2.45, 2.75) is 45.1 Å². The maximum Gasteiger partial charge on any atom is 0.339 e. The van der Waals surface area contributed by atoms with Gasteiger partial charge in [-0.05, 0) is 32.6 Å². The lowest BCUT2D eigenvalue weighted by atomic mass is 9.75. The Bertz CT molecular complexity index is 436. The van der Waals surface area contributed by atoms with Gasteiger partial charge in [0.1, 0.15) is 0 Å². The van der Waals surface area contributed by atoms with Gasteiger partial charge in [-0.3, -0.25) is 0 Å². The number of nitrogens with zero attached hydrogens (tertiary/aromatic N) is 2. The molecule has 0 aromatic carbocycles. The third-order valence-corrected chi connectivity index (χ3v) is 3.57. The van der Waals surface area contributed by atoms with E-state index in [1.165, 1.54) is 12.6 Å². The Labute approximate surface area is 100 Å². The van der Waals surface area contributed by atoms with Crippen LogP contribution < -0.4 is 5.32 Å². The number of aromatic carboxylic acids is 1. The molecule has 2 N–H and O–H groups in total. The second-order valence-corrected chi connectivity index (χ2v) is 4.61. The Hall–Kier alpha value is -1.65. The zero-order chi connectivity index (χ0) is 12.5. The molecule has 1 aromatic rings. The van der Waals surface area contributed by atoms with Gasteiger partial charge in [0.2, 0.25) is 5.95 Å². The quantitative estimate of drug-likeness (QED) is 0.837. The molecule has 17 heavy (non-hydrogen) atoms. The molecule has 0 amide bonds. The zero-order valence-corrected chi connectivity index (χ0v) is 10.2. The van der Waals surface area contributed by atoms with E-state index in [2.05, 4.69) is 22.2 Å². The van der Waals surface area contributed by atoms with E-state index in [9.17, 15) is 4.79 Å². The van der Waals surface area contributed by atoms with Gasteiger partial charge in [0, 0.05) is 11.7 Å². The molecule has 1 aromatic heterocycles. The maximum absolute atomic E-state index is 10.8. The van der Waals surface area contributed by atoms with Crippen LogP contribution in [0, 0.1) is 6.92 Å². The molecule has 1 heterocycles. The summed E-state index contributed by atoms with van der Waals surface area (Å²) < 4.78 is 0. The van der Waals surface area contributed by atoms with Crippen LogP contribution in [0.3, 0.4) is 0 Å². The van der Waals surface area contributed by atoms with Crippen molar-refractivity contribution in [3.05, 3.63) is 17.5 Å². The van der Waals surface area contributed by atoms with Crippen molar-refractivity contribution in [3.8, 4) is 0 Å². The van der Waals surface area contributed by atoms with E-state index in [1.54, 1.807) is 6.92 Å². The summed E-state index contributed by atoms with van der Waals surface area (Å²) in [6.45, 7) is 3.83. The van der Waals surface area contributed by atoms with Gasteiger partial charge in [0.15, 0.2) is 0 Å². The molecule has 0 saturated heterocycles. The number of anilines is 1. The van der Waals surface area contributed by atoms with Gasteiger partial charge in [-0.2, -0.15) is 0 Å². The Morgan fingerprint density at radius 3 is 2.71 bits per heavy atom. The van der Waals surface area contributed by atoms with E-state index < -0.39 is 5.97 Å². The van der Waals surface area contributed by atoms with E-state index in [0.29, 0.717) is 11.6 Å². The molecule has 2 rings (SSSR count). The average Bonchev–Trinajstić information content (AvgIpc) is 2.23. The number of hydrogen-bond acceptors (Lipinski definition) is 4. The molecule has 1 fully saturated rings. The van der Waals surface area contributed by atoms with E-state index in [1.807, 2.05) is 0 Å². The standard InChI is InChI=1S/C12H17N3O2/c1-3-12(5-4-6-12)15-11-13-7-9(10(16)17)8(2)14-11/h7H,3-6H2,1-2H3,(H,16,17)(H,13,14,15). The van der Waals surface area contributed by atoms with Crippen LogP contribution in [0.25, 0.3) is 0 Å². The summed E-state index contributed by atoms with van der Waals surface area (Å²) in [5, 5.41) is 12.2. The number of hydrogen-bond donors (Lipinski definition) is 2.